The summed E-state index contributed by atoms with van der Waals surface area (Å²) in [6.45, 7) is 8.36. The van der Waals surface area contributed by atoms with Crippen LogP contribution in [0.5, 0.6) is 23.0 Å². The van der Waals surface area contributed by atoms with Crippen LogP contribution in [0.3, 0.4) is 0 Å². The first-order valence-electron chi connectivity index (χ1n) is 37.4. The average Bonchev–Trinajstić information content (AvgIpc) is 0.844. The number of halogens is 1. The van der Waals surface area contributed by atoms with Gasteiger partial charge in [0.05, 0.1) is 33.2 Å². The highest BCUT2D eigenvalue weighted by atomic mass is 35.5. The highest BCUT2D eigenvalue weighted by Gasteiger charge is 2.53. The Balaban J connectivity index is 0.000000120. The summed E-state index contributed by atoms with van der Waals surface area (Å²) in [5, 5.41) is 4.32. The Morgan fingerprint density at radius 3 is 1.06 bits per heavy atom. The van der Waals surface area contributed by atoms with Crippen LogP contribution in [0.1, 0.15) is 72.2 Å². The van der Waals surface area contributed by atoms with Crippen molar-refractivity contribution in [2.75, 3.05) is 0 Å². The first-order chi connectivity index (χ1) is 54.9. The molecule has 0 N–H and O–H groups in total. The van der Waals surface area contributed by atoms with Crippen molar-refractivity contribution in [2.24, 2.45) is 0 Å². The second-order valence-corrected chi connectivity index (χ2v) is 29.4. The molecule has 1 saturated heterocycles. The highest BCUT2D eigenvalue weighted by Crippen LogP contribution is 2.57. The lowest BCUT2D eigenvalue weighted by Crippen LogP contribution is -2.41. The van der Waals surface area contributed by atoms with Gasteiger partial charge in [0, 0.05) is 60.5 Å². The number of furan rings is 2. The van der Waals surface area contributed by atoms with Crippen molar-refractivity contribution in [1.82, 2.24) is 29.9 Å². The van der Waals surface area contributed by atoms with E-state index in [4.69, 9.17) is 54.2 Å². The standard InChI is InChI=1S/C46H29N3O2.C31H29BO3.C21H12ClN3O/c1-3-15-30(16-4-1)43-47-44(49-45(48-43)36-23-14-22-35-34-21-7-10-26-39(34)51-42(35)36)31-17-13-20-33(29-31)46(32-18-5-2-6-19-32)37-24-8-11-27-40(37)50-41-28-12-9-25-38(41)46;1-29(2)30(3,4)35-32(34-29)24-16-12-15-23(21-24)31(22-13-6-5-7-14-22)25-17-8-10-19-27(25)33-28-20-11-9-18-26(28)31;22-21-24-19(13-7-2-1-3-8-13)23-20(25-21)16-11-6-10-15-14-9-4-5-12-17(14)26-18(15)16/h1-29H;5-21H,1-4H3;1-12H. The van der Waals surface area contributed by atoms with Crippen LogP contribution in [-0.4, -0.2) is 48.2 Å². The van der Waals surface area contributed by atoms with E-state index in [9.17, 15) is 0 Å². The van der Waals surface area contributed by atoms with E-state index in [0.29, 0.717) is 29.1 Å². The van der Waals surface area contributed by atoms with E-state index < -0.39 is 29.2 Å². The average molecular weight is 1470 g/mol. The van der Waals surface area contributed by atoms with Gasteiger partial charge in [-0.1, -0.05) is 297 Å². The van der Waals surface area contributed by atoms with Gasteiger partial charge in [0.2, 0.25) is 5.28 Å². The molecular formula is C98H70BClN6O6. The lowest BCUT2D eigenvalue weighted by molar-refractivity contribution is 0.00578. The number of nitrogens with zero attached hydrogens (tertiary/aromatic N) is 6. The minimum atomic E-state index is -0.666. The van der Waals surface area contributed by atoms with Crippen molar-refractivity contribution < 1.29 is 27.6 Å². The largest absolute Gasteiger partial charge is 0.494 e. The molecule has 21 rings (SSSR count). The van der Waals surface area contributed by atoms with Crippen LogP contribution in [0.2, 0.25) is 5.28 Å². The van der Waals surface area contributed by atoms with Gasteiger partial charge in [0.15, 0.2) is 29.1 Å². The number of ether oxygens (including phenoxy) is 2. The number of benzene rings is 14. The van der Waals surface area contributed by atoms with Crippen molar-refractivity contribution in [1.29, 1.82) is 0 Å². The Hall–Kier alpha value is -13.4. The molecule has 12 nitrogen and oxygen atoms in total. The smallest absolute Gasteiger partial charge is 0.457 e. The number of para-hydroxylation sites is 8. The van der Waals surface area contributed by atoms with Gasteiger partial charge in [-0.2, -0.15) is 9.97 Å². The molecule has 0 atom stereocenters. The van der Waals surface area contributed by atoms with E-state index >= 15 is 0 Å². The molecule has 112 heavy (non-hydrogen) atoms. The molecule has 3 aliphatic heterocycles. The SMILES string of the molecule is CC1(C)OB(c2cccc(C3(c4ccccc4)c4ccccc4Oc4ccccc43)c2)OC1(C)C.Clc1nc(-c2ccccc2)nc(-c2cccc3c2oc2ccccc23)n1.c1ccc(-c2nc(-c3cccc(C4(c5ccccc5)c5ccccc5Oc5ccccc54)c3)nc(-c3cccc4c3oc3ccccc34)n2)cc1. The minimum absolute atomic E-state index is 0.155. The van der Waals surface area contributed by atoms with Crippen molar-refractivity contribution in [3.8, 4) is 79.9 Å². The zero-order chi connectivity index (χ0) is 75.6. The van der Waals surface area contributed by atoms with Crippen LogP contribution in [0.15, 0.2) is 361 Å². The van der Waals surface area contributed by atoms with Crippen molar-refractivity contribution in [3.05, 3.63) is 402 Å². The van der Waals surface area contributed by atoms with Crippen molar-refractivity contribution in [3.63, 3.8) is 0 Å². The van der Waals surface area contributed by atoms with Gasteiger partial charge < -0.3 is 27.6 Å². The van der Waals surface area contributed by atoms with Gasteiger partial charge in [-0.05, 0) is 122 Å². The third-order valence-corrected chi connectivity index (χ3v) is 22.2. The Morgan fingerprint density at radius 1 is 0.277 bits per heavy atom. The van der Waals surface area contributed by atoms with Crippen molar-refractivity contribution >= 4 is 68.1 Å². The zero-order valence-corrected chi connectivity index (χ0v) is 62.3. The number of fused-ring (bicyclic) bond motifs is 10. The Labute approximate surface area is 652 Å². The minimum Gasteiger partial charge on any atom is -0.457 e. The summed E-state index contributed by atoms with van der Waals surface area (Å²) in [6.07, 6.45) is 0. The monoisotopic (exact) mass is 1470 g/mol. The van der Waals surface area contributed by atoms with Gasteiger partial charge in [0.25, 0.3) is 0 Å². The molecule has 4 aromatic heterocycles. The summed E-state index contributed by atoms with van der Waals surface area (Å²) in [5.74, 6) is 6.15. The molecule has 0 aliphatic carbocycles. The van der Waals surface area contributed by atoms with Crippen LogP contribution >= 0.6 is 11.6 Å². The van der Waals surface area contributed by atoms with Gasteiger partial charge in [-0.15, -0.1) is 0 Å². The van der Waals surface area contributed by atoms with E-state index in [-0.39, 0.29) is 5.28 Å². The lowest BCUT2D eigenvalue weighted by atomic mass is 9.62. The fourth-order valence-corrected chi connectivity index (χ4v) is 16.3. The summed E-state index contributed by atoms with van der Waals surface area (Å²) >= 11 is 6.19. The normalized spacial score (nSPS) is 14.5. The van der Waals surface area contributed by atoms with Gasteiger partial charge >= 0.3 is 7.12 Å². The molecule has 538 valence electrons. The molecule has 14 heteroatoms. The first kappa shape index (κ1) is 69.1. The molecule has 3 aliphatic rings. The molecule has 0 amide bonds. The van der Waals surface area contributed by atoms with Crippen LogP contribution in [-0.2, 0) is 20.1 Å². The van der Waals surface area contributed by atoms with Crippen LogP contribution in [0.4, 0.5) is 0 Å². The number of rotatable bonds is 10. The first-order valence-corrected chi connectivity index (χ1v) is 37.8. The number of aromatic nitrogens is 6. The summed E-state index contributed by atoms with van der Waals surface area (Å²) in [4.78, 5) is 28.6. The fourth-order valence-electron chi connectivity index (χ4n) is 16.1. The van der Waals surface area contributed by atoms with E-state index in [2.05, 4.69) is 237 Å². The van der Waals surface area contributed by atoms with Crippen LogP contribution < -0.4 is 14.9 Å². The molecule has 0 spiro atoms. The third kappa shape index (κ3) is 12.0. The molecule has 14 aromatic carbocycles. The maximum Gasteiger partial charge on any atom is 0.494 e. The second kappa shape index (κ2) is 28.2. The van der Waals surface area contributed by atoms with Crippen LogP contribution in [0.25, 0.3) is 101 Å². The molecule has 1 fully saturated rings. The summed E-state index contributed by atoms with van der Waals surface area (Å²) in [6, 6.07) is 120. The fraction of sp³-hybridized carbons (Fsp3) is 0.0816. The Kier molecular flexibility index (Phi) is 17.4. The summed E-state index contributed by atoms with van der Waals surface area (Å²) < 4.78 is 38.3. The van der Waals surface area contributed by atoms with Gasteiger partial charge in [-0.3, -0.25) is 0 Å². The molecular weight excluding hydrogens is 1400 g/mol. The summed E-state index contributed by atoms with van der Waals surface area (Å²) in [5.41, 5.74) is 15.4. The van der Waals surface area contributed by atoms with Crippen LogP contribution in [0, 0.1) is 0 Å². The van der Waals surface area contributed by atoms with Gasteiger partial charge in [-0.25, -0.2) is 19.9 Å². The van der Waals surface area contributed by atoms with Crippen molar-refractivity contribution in [2.45, 2.75) is 49.7 Å². The van der Waals surface area contributed by atoms with E-state index in [0.717, 1.165) is 139 Å². The Morgan fingerprint density at radius 2 is 0.598 bits per heavy atom. The Bertz CT molecular complexity index is 6490. The summed E-state index contributed by atoms with van der Waals surface area (Å²) in [7, 11) is -0.432. The zero-order valence-electron chi connectivity index (χ0n) is 61.6. The van der Waals surface area contributed by atoms with E-state index in [1.165, 1.54) is 5.56 Å². The number of hydrogen-bond acceptors (Lipinski definition) is 12. The molecule has 18 aromatic rings. The topological polar surface area (TPSA) is 141 Å². The number of hydrogen-bond donors (Lipinski definition) is 0. The molecule has 7 heterocycles. The molecule has 0 saturated carbocycles. The predicted molar refractivity (Wildman–Crippen MR) is 445 cm³/mol. The van der Waals surface area contributed by atoms with Gasteiger partial charge in [0.1, 0.15) is 45.3 Å². The maximum atomic E-state index is 6.54. The predicted octanol–water partition coefficient (Wildman–Crippen LogP) is 23.5. The maximum absolute atomic E-state index is 6.54. The highest BCUT2D eigenvalue weighted by molar-refractivity contribution is 6.62. The molecule has 0 unspecified atom stereocenters. The molecule has 0 radical (unpaired) electrons. The second-order valence-electron chi connectivity index (χ2n) is 29.1. The molecule has 0 bridgehead atoms. The van der Waals surface area contributed by atoms with E-state index in [1.807, 2.05) is 158 Å². The third-order valence-electron chi connectivity index (χ3n) is 22.0. The lowest BCUT2D eigenvalue weighted by Gasteiger charge is -2.41. The quantitative estimate of drug-likeness (QED) is 0.120. The van der Waals surface area contributed by atoms with E-state index in [1.54, 1.807) is 0 Å².